The molecule has 1 heterocycles. The molecule has 298 valence electrons. The van der Waals surface area contributed by atoms with Gasteiger partial charge in [-0.3, -0.25) is 9.59 Å². The Morgan fingerprint density at radius 3 is 1.73 bits per heavy atom. The zero-order valence-corrected chi connectivity index (χ0v) is 32.0. The zero-order valence-electron chi connectivity index (χ0n) is 32.0. The summed E-state index contributed by atoms with van der Waals surface area (Å²) in [6, 6.07) is 0. The average molecular weight is 735 g/mol. The van der Waals surface area contributed by atoms with E-state index in [1.165, 1.54) is 0 Å². The fraction of sp³-hybridized carbons (Fsp3) is 0.714. The van der Waals surface area contributed by atoms with Crippen LogP contribution in [0.15, 0.2) is 60.8 Å². The molecule has 0 bridgehead atoms. The van der Waals surface area contributed by atoms with Crippen LogP contribution in [0.1, 0.15) is 136 Å². The van der Waals surface area contributed by atoms with Crippen molar-refractivity contribution in [1.29, 1.82) is 0 Å². The fourth-order valence-electron chi connectivity index (χ4n) is 5.47. The Labute approximate surface area is 313 Å². The number of aliphatic hydroxyl groups excluding tert-OH is 4. The van der Waals surface area contributed by atoms with Crippen molar-refractivity contribution >= 4 is 11.9 Å². The number of ether oxygens (including phenoxy) is 4. The second-order valence-corrected chi connectivity index (χ2v) is 13.3. The van der Waals surface area contributed by atoms with Crippen molar-refractivity contribution in [2.45, 2.75) is 173 Å². The number of unbranched alkanes of at least 4 members (excludes halogenated alkanes) is 10. The summed E-state index contributed by atoms with van der Waals surface area (Å²) in [6.07, 6.45) is 30.9. The molecule has 10 nitrogen and oxygen atoms in total. The average Bonchev–Trinajstić information content (AvgIpc) is 3.14. The molecule has 1 fully saturated rings. The molecule has 1 aliphatic heterocycles. The van der Waals surface area contributed by atoms with E-state index in [1.807, 2.05) is 0 Å². The minimum Gasteiger partial charge on any atom is -0.462 e. The van der Waals surface area contributed by atoms with E-state index in [4.69, 9.17) is 18.9 Å². The molecule has 1 saturated heterocycles. The number of aliphatic hydroxyl groups is 4. The largest absolute Gasteiger partial charge is 0.462 e. The van der Waals surface area contributed by atoms with Gasteiger partial charge in [-0.05, 0) is 70.6 Å². The van der Waals surface area contributed by atoms with Gasteiger partial charge in [-0.2, -0.15) is 0 Å². The van der Waals surface area contributed by atoms with Crippen LogP contribution in [0.5, 0.6) is 0 Å². The molecule has 0 saturated carbocycles. The van der Waals surface area contributed by atoms with Crippen molar-refractivity contribution in [2.24, 2.45) is 0 Å². The fourth-order valence-corrected chi connectivity index (χ4v) is 5.47. The third-order valence-electron chi connectivity index (χ3n) is 8.62. The van der Waals surface area contributed by atoms with E-state index in [0.29, 0.717) is 12.8 Å². The van der Waals surface area contributed by atoms with Crippen molar-refractivity contribution in [2.75, 3.05) is 19.8 Å². The van der Waals surface area contributed by atoms with E-state index >= 15 is 0 Å². The van der Waals surface area contributed by atoms with Gasteiger partial charge in [-0.15, -0.1) is 0 Å². The number of hydrogen-bond donors (Lipinski definition) is 4. The third-order valence-corrected chi connectivity index (χ3v) is 8.62. The summed E-state index contributed by atoms with van der Waals surface area (Å²) < 4.78 is 22.0. The van der Waals surface area contributed by atoms with Crippen LogP contribution in [-0.4, -0.2) is 89.0 Å². The number of carbonyl (C=O) groups excluding carboxylic acids is 2. The molecule has 4 N–H and O–H groups in total. The Kier molecular flexibility index (Phi) is 30.1. The van der Waals surface area contributed by atoms with E-state index in [2.05, 4.69) is 74.6 Å². The van der Waals surface area contributed by atoms with Gasteiger partial charge < -0.3 is 39.4 Å². The molecule has 0 aromatic rings. The maximum Gasteiger partial charge on any atom is 0.306 e. The monoisotopic (exact) mass is 734 g/mol. The first-order valence-corrected chi connectivity index (χ1v) is 19.9. The molecule has 6 unspecified atom stereocenters. The summed E-state index contributed by atoms with van der Waals surface area (Å²) in [6.45, 7) is 3.18. The Hall–Kier alpha value is -2.60. The molecule has 1 aliphatic rings. The molecule has 0 amide bonds. The molecular formula is C42H70O10. The van der Waals surface area contributed by atoms with Crippen LogP contribution in [0.3, 0.4) is 0 Å². The quantitative estimate of drug-likeness (QED) is 0.0320. The summed E-state index contributed by atoms with van der Waals surface area (Å²) in [5.74, 6) is -0.855. The van der Waals surface area contributed by atoms with E-state index in [-0.39, 0.29) is 26.1 Å². The highest BCUT2D eigenvalue weighted by molar-refractivity contribution is 5.70. The Bertz CT molecular complexity index is 1030. The molecule has 52 heavy (non-hydrogen) atoms. The zero-order chi connectivity index (χ0) is 38.1. The molecule has 0 radical (unpaired) electrons. The maximum atomic E-state index is 12.7. The van der Waals surface area contributed by atoms with Crippen LogP contribution < -0.4 is 0 Å². The smallest absolute Gasteiger partial charge is 0.306 e. The van der Waals surface area contributed by atoms with Crippen molar-refractivity contribution in [3.63, 3.8) is 0 Å². The van der Waals surface area contributed by atoms with Crippen LogP contribution in [0.25, 0.3) is 0 Å². The number of allylic oxidation sites excluding steroid dienone is 10. The van der Waals surface area contributed by atoms with Gasteiger partial charge in [-0.1, -0.05) is 113 Å². The van der Waals surface area contributed by atoms with Crippen LogP contribution in [0, 0.1) is 0 Å². The first-order valence-electron chi connectivity index (χ1n) is 19.9. The van der Waals surface area contributed by atoms with Gasteiger partial charge in [0.05, 0.1) is 13.2 Å². The first-order chi connectivity index (χ1) is 25.3. The lowest BCUT2D eigenvalue weighted by Crippen LogP contribution is -2.59. The molecule has 0 aromatic heterocycles. The van der Waals surface area contributed by atoms with Gasteiger partial charge in [0.2, 0.25) is 0 Å². The van der Waals surface area contributed by atoms with E-state index < -0.39 is 55.4 Å². The second-order valence-electron chi connectivity index (χ2n) is 13.3. The second kappa shape index (κ2) is 33.0. The lowest BCUT2D eigenvalue weighted by atomic mass is 9.99. The van der Waals surface area contributed by atoms with Crippen LogP contribution in [-0.2, 0) is 28.5 Å². The van der Waals surface area contributed by atoms with Gasteiger partial charge in [-0.25, -0.2) is 0 Å². The van der Waals surface area contributed by atoms with Gasteiger partial charge in [0.1, 0.15) is 31.0 Å². The lowest BCUT2D eigenvalue weighted by Gasteiger charge is -2.39. The van der Waals surface area contributed by atoms with Crippen molar-refractivity contribution in [3.05, 3.63) is 60.8 Å². The minimum atomic E-state index is -1.60. The summed E-state index contributed by atoms with van der Waals surface area (Å²) in [4.78, 5) is 25.2. The van der Waals surface area contributed by atoms with Gasteiger partial charge >= 0.3 is 11.9 Å². The van der Waals surface area contributed by atoms with E-state index in [9.17, 15) is 30.0 Å². The molecule has 10 heteroatoms. The van der Waals surface area contributed by atoms with Crippen LogP contribution >= 0.6 is 0 Å². The number of esters is 2. The lowest BCUT2D eigenvalue weighted by molar-refractivity contribution is -0.305. The molecule has 0 spiro atoms. The summed E-state index contributed by atoms with van der Waals surface area (Å²) in [7, 11) is 0. The van der Waals surface area contributed by atoms with Crippen molar-refractivity contribution in [3.8, 4) is 0 Å². The minimum absolute atomic E-state index is 0.197. The molecule has 0 aliphatic carbocycles. The van der Waals surface area contributed by atoms with Crippen LogP contribution in [0.4, 0.5) is 0 Å². The molecule has 6 atom stereocenters. The Morgan fingerprint density at radius 2 is 1.13 bits per heavy atom. The first kappa shape index (κ1) is 47.4. The predicted octanol–water partition coefficient (Wildman–Crippen LogP) is 7.49. The normalized spacial score (nSPS) is 21.7. The van der Waals surface area contributed by atoms with Gasteiger partial charge in [0, 0.05) is 12.8 Å². The highest BCUT2D eigenvalue weighted by Gasteiger charge is 2.44. The van der Waals surface area contributed by atoms with Gasteiger partial charge in [0.25, 0.3) is 0 Å². The summed E-state index contributed by atoms with van der Waals surface area (Å²) >= 11 is 0. The maximum absolute atomic E-state index is 12.7. The number of hydrogen-bond acceptors (Lipinski definition) is 10. The molecule has 1 rings (SSSR count). The molecular weight excluding hydrogens is 664 g/mol. The molecule has 0 aromatic carbocycles. The Balaban J connectivity index is 2.41. The highest BCUT2D eigenvalue weighted by atomic mass is 16.7. The number of rotatable bonds is 31. The summed E-state index contributed by atoms with van der Waals surface area (Å²) in [5.41, 5.74) is 0. The van der Waals surface area contributed by atoms with Gasteiger partial charge in [0.15, 0.2) is 12.4 Å². The Morgan fingerprint density at radius 1 is 0.615 bits per heavy atom. The third kappa shape index (κ3) is 24.6. The topological polar surface area (TPSA) is 152 Å². The predicted molar refractivity (Wildman–Crippen MR) is 205 cm³/mol. The van der Waals surface area contributed by atoms with E-state index in [0.717, 1.165) is 96.3 Å². The highest BCUT2D eigenvalue weighted by Crippen LogP contribution is 2.22. The van der Waals surface area contributed by atoms with Crippen LogP contribution in [0.2, 0.25) is 0 Å². The summed E-state index contributed by atoms with van der Waals surface area (Å²) in [5, 5.41) is 39.9. The number of carbonyl (C=O) groups is 2. The van der Waals surface area contributed by atoms with E-state index in [1.54, 1.807) is 0 Å². The van der Waals surface area contributed by atoms with Crippen molar-refractivity contribution < 1.29 is 49.0 Å². The van der Waals surface area contributed by atoms with Crippen molar-refractivity contribution in [1.82, 2.24) is 0 Å². The standard InChI is InChI=1S/C42H70O10/c1-3-5-7-9-11-13-15-16-17-18-19-20-21-23-25-27-29-31-38(45)51-35(34-50-42-41(48)40(47)39(46)36(32-43)52-42)33-49-37(44)30-28-26-24-22-14-12-10-8-6-4-2/h5,7-8,10-11,13,16-17,19-20,35-36,39-43,46-48H,3-4,6,9,12,14-15,18,21-34H2,1-2H3/b7-5-,10-8-,13-11-,17-16-,20-19-. The SMILES string of the molecule is CC/C=C\C/C=C\C/C=C\C/C=C\CCCCCCC(=O)OC(COC(=O)CCCCCCC/C=C\CCC)COC1OC(CO)C(O)C(O)C1O.